The molecular formula is C16H17NO2Si. The van der Waals surface area contributed by atoms with E-state index in [0.717, 1.165) is 28.5 Å². The number of aromatic nitrogens is 1. The van der Waals surface area contributed by atoms with Crippen molar-refractivity contribution in [2.24, 2.45) is 0 Å². The van der Waals surface area contributed by atoms with Crippen molar-refractivity contribution in [1.82, 2.24) is 4.98 Å². The number of methoxy groups -OCH3 is 1. The number of hydrogen-bond acceptors (Lipinski definition) is 3. The minimum absolute atomic E-state index is 0.423. The summed E-state index contributed by atoms with van der Waals surface area (Å²) in [6, 6.07) is 7.27. The first-order chi connectivity index (χ1) is 9.44. The average Bonchev–Trinajstić information content (AvgIpc) is 2.42. The van der Waals surface area contributed by atoms with Crippen LogP contribution in [0.3, 0.4) is 0 Å². The van der Waals surface area contributed by atoms with Gasteiger partial charge < -0.3 is 4.74 Å². The van der Waals surface area contributed by atoms with Crippen molar-refractivity contribution in [3.05, 3.63) is 35.5 Å². The Morgan fingerprint density at radius 2 is 1.95 bits per heavy atom. The van der Waals surface area contributed by atoms with Crippen LogP contribution < -0.4 is 4.74 Å². The highest BCUT2D eigenvalue weighted by molar-refractivity contribution is 6.83. The van der Waals surface area contributed by atoms with Crippen molar-refractivity contribution in [2.75, 3.05) is 7.11 Å². The van der Waals surface area contributed by atoms with Gasteiger partial charge in [0.15, 0.2) is 6.29 Å². The zero-order valence-corrected chi connectivity index (χ0v) is 13.2. The Hall–Kier alpha value is -2.12. The maximum absolute atomic E-state index is 10.8. The largest absolute Gasteiger partial charge is 0.495 e. The van der Waals surface area contributed by atoms with E-state index in [4.69, 9.17) is 4.74 Å². The van der Waals surface area contributed by atoms with Crippen molar-refractivity contribution in [2.45, 2.75) is 19.6 Å². The Labute approximate surface area is 120 Å². The maximum atomic E-state index is 10.8. The van der Waals surface area contributed by atoms with Crippen LogP contribution in [-0.4, -0.2) is 26.5 Å². The first-order valence-corrected chi connectivity index (χ1v) is 9.91. The maximum Gasteiger partial charge on any atom is 0.168 e. The molecule has 4 heteroatoms. The van der Waals surface area contributed by atoms with E-state index in [-0.39, 0.29) is 0 Å². The SMILES string of the molecule is COc1ccc2nc(C=O)ccc2c1C#C[Si](C)(C)C. The van der Waals surface area contributed by atoms with Gasteiger partial charge in [0, 0.05) is 5.39 Å². The van der Waals surface area contributed by atoms with E-state index in [1.54, 1.807) is 13.2 Å². The lowest BCUT2D eigenvalue weighted by Crippen LogP contribution is -2.16. The minimum atomic E-state index is -1.47. The molecule has 0 aliphatic rings. The Balaban J connectivity index is 2.70. The number of benzene rings is 1. The van der Waals surface area contributed by atoms with Gasteiger partial charge in [-0.3, -0.25) is 4.79 Å². The third kappa shape index (κ3) is 3.06. The predicted octanol–water partition coefficient (Wildman–Crippen LogP) is 3.28. The van der Waals surface area contributed by atoms with E-state index in [2.05, 4.69) is 36.1 Å². The highest BCUT2D eigenvalue weighted by atomic mass is 28.3. The molecule has 0 bridgehead atoms. The van der Waals surface area contributed by atoms with Gasteiger partial charge in [0.25, 0.3) is 0 Å². The smallest absolute Gasteiger partial charge is 0.168 e. The molecule has 0 amide bonds. The van der Waals surface area contributed by atoms with Crippen molar-refractivity contribution in [1.29, 1.82) is 0 Å². The van der Waals surface area contributed by atoms with E-state index in [9.17, 15) is 4.79 Å². The molecular weight excluding hydrogens is 266 g/mol. The predicted molar refractivity (Wildman–Crippen MR) is 83.9 cm³/mol. The molecule has 1 aromatic heterocycles. The third-order valence-corrected chi connectivity index (χ3v) is 3.63. The second-order valence-electron chi connectivity index (χ2n) is 5.56. The summed E-state index contributed by atoms with van der Waals surface area (Å²) in [5.41, 5.74) is 5.37. The Morgan fingerprint density at radius 1 is 1.20 bits per heavy atom. The summed E-state index contributed by atoms with van der Waals surface area (Å²) in [5, 5.41) is 0.917. The molecule has 0 unspecified atom stereocenters. The molecule has 0 atom stereocenters. The number of aldehydes is 1. The van der Waals surface area contributed by atoms with E-state index in [1.807, 2.05) is 18.2 Å². The van der Waals surface area contributed by atoms with Crippen LogP contribution in [0.4, 0.5) is 0 Å². The van der Waals surface area contributed by atoms with Gasteiger partial charge >= 0.3 is 0 Å². The third-order valence-electron chi connectivity index (χ3n) is 2.76. The lowest BCUT2D eigenvalue weighted by atomic mass is 10.1. The van der Waals surface area contributed by atoms with Crippen molar-refractivity contribution < 1.29 is 9.53 Å². The number of nitrogens with zero attached hydrogens (tertiary/aromatic N) is 1. The fourth-order valence-corrected chi connectivity index (χ4v) is 2.31. The van der Waals surface area contributed by atoms with Gasteiger partial charge in [-0.25, -0.2) is 4.98 Å². The number of carbonyl (C=O) groups excluding carboxylic acids is 1. The summed E-state index contributed by atoms with van der Waals surface area (Å²) in [5.74, 6) is 3.98. The van der Waals surface area contributed by atoms with Gasteiger partial charge in [-0.1, -0.05) is 25.6 Å². The first-order valence-electron chi connectivity index (χ1n) is 6.41. The fourth-order valence-electron chi connectivity index (χ4n) is 1.81. The molecule has 0 fully saturated rings. The summed E-state index contributed by atoms with van der Waals surface area (Å²) < 4.78 is 5.39. The fraction of sp³-hybridized carbons (Fsp3) is 0.250. The van der Waals surface area contributed by atoms with Gasteiger partial charge in [-0.05, 0) is 24.3 Å². The standard InChI is InChI=1S/C16H17NO2Si/c1-19-16-8-7-15-13(6-5-12(11-18)17-15)14(16)9-10-20(2,3)4/h5-8,11H,1-4H3. The van der Waals surface area contributed by atoms with Gasteiger partial charge in [-0.2, -0.15) is 0 Å². The van der Waals surface area contributed by atoms with E-state index in [1.165, 1.54) is 0 Å². The van der Waals surface area contributed by atoms with Crippen molar-refractivity contribution in [3.63, 3.8) is 0 Å². The zero-order chi connectivity index (χ0) is 14.8. The molecule has 2 rings (SSSR count). The summed E-state index contributed by atoms with van der Waals surface area (Å²) in [6.45, 7) is 6.58. The Morgan fingerprint density at radius 3 is 2.55 bits per heavy atom. The van der Waals surface area contributed by atoms with Crippen LogP contribution in [-0.2, 0) is 0 Å². The highest BCUT2D eigenvalue weighted by Gasteiger charge is 2.11. The van der Waals surface area contributed by atoms with Crippen LogP contribution in [0, 0.1) is 11.5 Å². The molecule has 20 heavy (non-hydrogen) atoms. The number of ether oxygens (including phenoxy) is 1. The number of carbonyl (C=O) groups is 1. The van der Waals surface area contributed by atoms with Gasteiger partial charge in [0.2, 0.25) is 0 Å². The number of pyridine rings is 1. The molecule has 1 aromatic carbocycles. The van der Waals surface area contributed by atoms with Gasteiger partial charge in [-0.15, -0.1) is 5.54 Å². The Bertz CT molecular complexity index is 721. The molecule has 0 saturated heterocycles. The molecule has 0 radical (unpaired) electrons. The number of fused-ring (bicyclic) bond motifs is 1. The van der Waals surface area contributed by atoms with E-state index in [0.29, 0.717) is 5.69 Å². The normalized spacial score (nSPS) is 10.8. The van der Waals surface area contributed by atoms with Crippen LogP contribution in [0.15, 0.2) is 24.3 Å². The molecule has 0 aliphatic carbocycles. The molecule has 1 heterocycles. The second kappa shape index (κ2) is 5.47. The van der Waals surface area contributed by atoms with Crippen molar-refractivity contribution >= 4 is 25.3 Å². The van der Waals surface area contributed by atoms with E-state index >= 15 is 0 Å². The molecule has 0 spiro atoms. The first kappa shape index (κ1) is 14.3. The molecule has 3 nitrogen and oxygen atoms in total. The highest BCUT2D eigenvalue weighted by Crippen LogP contribution is 2.26. The van der Waals surface area contributed by atoms with Crippen LogP contribution in [0.2, 0.25) is 19.6 Å². The zero-order valence-electron chi connectivity index (χ0n) is 12.2. The lowest BCUT2D eigenvalue weighted by molar-refractivity contribution is 0.111. The number of hydrogen-bond donors (Lipinski definition) is 0. The minimum Gasteiger partial charge on any atom is -0.495 e. The molecule has 2 aromatic rings. The molecule has 0 aliphatic heterocycles. The van der Waals surface area contributed by atoms with Crippen molar-refractivity contribution in [3.8, 4) is 17.2 Å². The van der Waals surface area contributed by atoms with Gasteiger partial charge in [0.1, 0.15) is 19.5 Å². The second-order valence-corrected chi connectivity index (χ2v) is 10.3. The van der Waals surface area contributed by atoms with Crippen LogP contribution >= 0.6 is 0 Å². The number of rotatable bonds is 2. The topological polar surface area (TPSA) is 39.2 Å². The lowest BCUT2D eigenvalue weighted by Gasteiger charge is -2.09. The van der Waals surface area contributed by atoms with Crippen LogP contribution in [0.5, 0.6) is 5.75 Å². The quantitative estimate of drug-likeness (QED) is 0.482. The van der Waals surface area contributed by atoms with Crippen LogP contribution in [0.25, 0.3) is 10.9 Å². The van der Waals surface area contributed by atoms with Gasteiger partial charge in [0.05, 0.1) is 18.2 Å². The molecule has 102 valence electrons. The van der Waals surface area contributed by atoms with E-state index < -0.39 is 8.07 Å². The average molecular weight is 283 g/mol. The molecule has 0 saturated carbocycles. The Kier molecular flexibility index (Phi) is 3.91. The summed E-state index contributed by atoms with van der Waals surface area (Å²) >= 11 is 0. The van der Waals surface area contributed by atoms with Crippen LogP contribution in [0.1, 0.15) is 16.1 Å². The summed E-state index contributed by atoms with van der Waals surface area (Å²) in [4.78, 5) is 15.1. The monoisotopic (exact) mass is 283 g/mol. The summed E-state index contributed by atoms with van der Waals surface area (Å²) in [6.07, 6.45) is 0.747. The summed E-state index contributed by atoms with van der Waals surface area (Å²) in [7, 11) is 0.159. The molecule has 0 N–H and O–H groups in total.